The van der Waals surface area contributed by atoms with E-state index >= 15 is 0 Å². The number of hydrogen-bond donors (Lipinski definition) is 2. The first-order valence-corrected chi connectivity index (χ1v) is 10.6. The molecule has 162 valence electrons. The minimum atomic E-state index is -0.266. The van der Waals surface area contributed by atoms with E-state index in [1.807, 2.05) is 68.1 Å². The molecule has 0 atom stereocenters. The van der Waals surface area contributed by atoms with Crippen LogP contribution in [0, 0.1) is 19.7 Å². The van der Waals surface area contributed by atoms with Gasteiger partial charge >= 0.3 is 0 Å². The predicted octanol–water partition coefficient (Wildman–Crippen LogP) is 5.32. The van der Waals surface area contributed by atoms with Gasteiger partial charge in [-0.3, -0.25) is 5.10 Å². The van der Waals surface area contributed by atoms with Gasteiger partial charge in [-0.2, -0.15) is 5.10 Å². The molecule has 4 aromatic heterocycles. The summed E-state index contributed by atoms with van der Waals surface area (Å²) in [4.78, 5) is 17.4. The van der Waals surface area contributed by atoms with E-state index in [4.69, 9.17) is 9.97 Å². The van der Waals surface area contributed by atoms with Crippen LogP contribution in [0.3, 0.4) is 0 Å². The zero-order chi connectivity index (χ0) is 22.7. The molecule has 0 aliphatic carbocycles. The number of para-hydroxylation sites is 1. The first-order valence-electron chi connectivity index (χ1n) is 10.6. The summed E-state index contributed by atoms with van der Waals surface area (Å²) >= 11 is 0. The van der Waals surface area contributed by atoms with E-state index in [0.717, 1.165) is 50.5 Å². The van der Waals surface area contributed by atoms with Crippen molar-refractivity contribution in [3.05, 3.63) is 71.9 Å². The quantitative estimate of drug-likeness (QED) is 0.392. The van der Waals surface area contributed by atoms with Gasteiger partial charge in [0.2, 0.25) is 0 Å². The van der Waals surface area contributed by atoms with E-state index in [1.54, 1.807) is 0 Å². The van der Waals surface area contributed by atoms with Gasteiger partial charge in [0.25, 0.3) is 0 Å². The lowest BCUT2D eigenvalue weighted by Gasteiger charge is -2.04. The number of hydrogen-bond acceptors (Lipinski definition) is 4. The van der Waals surface area contributed by atoms with E-state index < -0.39 is 0 Å². The second-order valence-electron chi connectivity index (χ2n) is 8.22. The standard InChI is InChI=1S/C25H20FN7/c1-13-9-15(11-16(26)10-13)17-5-4-6-19-22(17)30-25(29-19)24-23-20(31-32-24)8-7-18(28-23)21-12-27-14(2)33(21)3/h4-12H,1-3H3,(H,29,30)(H,31,32). The maximum absolute atomic E-state index is 14.1. The van der Waals surface area contributed by atoms with Crippen LogP contribution < -0.4 is 0 Å². The summed E-state index contributed by atoms with van der Waals surface area (Å²) < 4.78 is 16.1. The van der Waals surface area contributed by atoms with Crippen LogP contribution in [0.15, 0.2) is 54.7 Å². The first-order chi connectivity index (χ1) is 16.0. The predicted molar refractivity (Wildman–Crippen MR) is 126 cm³/mol. The fourth-order valence-corrected chi connectivity index (χ4v) is 4.22. The van der Waals surface area contributed by atoms with Gasteiger partial charge in [-0.25, -0.2) is 19.3 Å². The van der Waals surface area contributed by atoms with E-state index in [2.05, 4.69) is 20.2 Å². The summed E-state index contributed by atoms with van der Waals surface area (Å²) in [5, 5.41) is 7.54. The number of halogens is 1. The number of benzene rings is 2. The molecule has 4 heterocycles. The lowest BCUT2D eigenvalue weighted by molar-refractivity contribution is 0.627. The Morgan fingerprint density at radius 3 is 2.61 bits per heavy atom. The van der Waals surface area contributed by atoms with Crippen LogP contribution in [0.5, 0.6) is 0 Å². The van der Waals surface area contributed by atoms with Gasteiger partial charge in [0.15, 0.2) is 11.5 Å². The van der Waals surface area contributed by atoms with Crippen molar-refractivity contribution in [2.75, 3.05) is 0 Å². The molecule has 0 bridgehead atoms. The minimum Gasteiger partial charge on any atom is -0.336 e. The van der Waals surface area contributed by atoms with Crippen LogP contribution in [0.2, 0.25) is 0 Å². The highest BCUT2D eigenvalue weighted by atomic mass is 19.1. The third-order valence-electron chi connectivity index (χ3n) is 5.98. The average Bonchev–Trinajstić information content (AvgIpc) is 3.49. The Bertz CT molecular complexity index is 1650. The topological polar surface area (TPSA) is 88.1 Å². The molecule has 2 aromatic carbocycles. The first kappa shape index (κ1) is 19.4. The molecule has 6 aromatic rings. The van der Waals surface area contributed by atoms with Gasteiger partial charge < -0.3 is 9.55 Å². The molecule has 0 spiro atoms. The number of nitrogens with zero attached hydrogens (tertiary/aromatic N) is 5. The SMILES string of the molecule is Cc1cc(F)cc(-c2cccc3[nH]c(-c4n[nH]c5ccc(-c6cnc(C)n6C)nc45)nc23)c1. The van der Waals surface area contributed by atoms with Gasteiger partial charge in [0.1, 0.15) is 17.2 Å². The summed E-state index contributed by atoms with van der Waals surface area (Å²) in [5.41, 5.74) is 8.00. The molecule has 33 heavy (non-hydrogen) atoms. The largest absolute Gasteiger partial charge is 0.336 e. The lowest BCUT2D eigenvalue weighted by Crippen LogP contribution is -1.96. The number of H-pyrrole nitrogens is 2. The Kier molecular flexibility index (Phi) is 4.16. The Hall–Kier alpha value is -4.33. The molecule has 0 radical (unpaired) electrons. The fourth-order valence-electron chi connectivity index (χ4n) is 4.22. The van der Waals surface area contributed by atoms with Gasteiger partial charge in [-0.1, -0.05) is 18.2 Å². The van der Waals surface area contributed by atoms with Gasteiger partial charge in [0, 0.05) is 12.6 Å². The Labute approximate surface area is 188 Å². The highest BCUT2D eigenvalue weighted by Crippen LogP contribution is 2.32. The Balaban J connectivity index is 1.52. The number of aromatic amines is 2. The number of aryl methyl sites for hydroxylation is 2. The third kappa shape index (κ3) is 3.10. The Morgan fingerprint density at radius 2 is 1.82 bits per heavy atom. The third-order valence-corrected chi connectivity index (χ3v) is 5.98. The van der Waals surface area contributed by atoms with Crippen molar-refractivity contribution in [1.82, 2.24) is 34.7 Å². The van der Waals surface area contributed by atoms with Crippen molar-refractivity contribution in [1.29, 1.82) is 0 Å². The zero-order valence-corrected chi connectivity index (χ0v) is 18.3. The molecule has 2 N–H and O–H groups in total. The van der Waals surface area contributed by atoms with E-state index in [-0.39, 0.29) is 5.82 Å². The van der Waals surface area contributed by atoms with Gasteiger partial charge in [-0.15, -0.1) is 0 Å². The molecule has 0 fully saturated rings. The van der Waals surface area contributed by atoms with Crippen LogP contribution in [0.25, 0.3) is 56.1 Å². The summed E-state index contributed by atoms with van der Waals surface area (Å²) in [6.45, 7) is 3.84. The van der Waals surface area contributed by atoms with E-state index in [9.17, 15) is 4.39 Å². The average molecular weight is 437 g/mol. The lowest BCUT2D eigenvalue weighted by atomic mass is 10.0. The van der Waals surface area contributed by atoms with Crippen LogP contribution >= 0.6 is 0 Å². The molecule has 0 saturated carbocycles. The minimum absolute atomic E-state index is 0.266. The maximum atomic E-state index is 14.1. The summed E-state index contributed by atoms with van der Waals surface area (Å²) in [6, 6.07) is 14.7. The summed E-state index contributed by atoms with van der Waals surface area (Å²) in [7, 11) is 1.97. The van der Waals surface area contributed by atoms with Crippen LogP contribution in [-0.4, -0.2) is 34.7 Å². The smallest absolute Gasteiger partial charge is 0.161 e. The van der Waals surface area contributed by atoms with Crippen LogP contribution in [-0.2, 0) is 7.05 Å². The van der Waals surface area contributed by atoms with Crippen molar-refractivity contribution in [2.45, 2.75) is 13.8 Å². The molecule has 0 aliphatic rings. The second-order valence-corrected chi connectivity index (χ2v) is 8.22. The summed E-state index contributed by atoms with van der Waals surface area (Å²) in [6.07, 6.45) is 1.82. The number of aromatic nitrogens is 7. The molecule has 8 heteroatoms. The molecule has 0 aliphatic heterocycles. The normalized spacial score (nSPS) is 11.6. The van der Waals surface area contributed by atoms with Crippen molar-refractivity contribution in [2.24, 2.45) is 7.05 Å². The van der Waals surface area contributed by atoms with Gasteiger partial charge in [-0.05, 0) is 55.3 Å². The van der Waals surface area contributed by atoms with E-state index in [1.165, 1.54) is 12.1 Å². The van der Waals surface area contributed by atoms with E-state index in [0.29, 0.717) is 17.0 Å². The van der Waals surface area contributed by atoms with Crippen LogP contribution in [0.1, 0.15) is 11.4 Å². The van der Waals surface area contributed by atoms with Crippen molar-refractivity contribution >= 4 is 22.1 Å². The van der Waals surface area contributed by atoms with Crippen molar-refractivity contribution in [3.8, 4) is 34.0 Å². The van der Waals surface area contributed by atoms with Crippen molar-refractivity contribution < 1.29 is 4.39 Å². The fraction of sp³-hybridized carbons (Fsp3) is 0.120. The molecular weight excluding hydrogens is 417 g/mol. The Morgan fingerprint density at radius 1 is 0.939 bits per heavy atom. The molecular formula is C25H20FN7. The molecule has 0 saturated heterocycles. The number of nitrogens with one attached hydrogen (secondary N) is 2. The monoisotopic (exact) mass is 437 g/mol. The van der Waals surface area contributed by atoms with Gasteiger partial charge in [0.05, 0.1) is 34.1 Å². The molecule has 6 rings (SSSR count). The second kappa shape index (κ2) is 7.09. The van der Waals surface area contributed by atoms with Crippen LogP contribution in [0.4, 0.5) is 4.39 Å². The molecule has 7 nitrogen and oxygen atoms in total. The number of pyridine rings is 1. The number of rotatable bonds is 3. The number of fused-ring (bicyclic) bond motifs is 2. The molecule has 0 amide bonds. The number of imidazole rings is 2. The highest BCUT2D eigenvalue weighted by molar-refractivity contribution is 5.96. The highest BCUT2D eigenvalue weighted by Gasteiger charge is 2.18. The molecule has 0 unspecified atom stereocenters. The van der Waals surface area contributed by atoms with Crippen molar-refractivity contribution in [3.63, 3.8) is 0 Å². The zero-order valence-electron chi connectivity index (χ0n) is 18.3. The summed E-state index contributed by atoms with van der Waals surface area (Å²) in [5.74, 6) is 1.25. The maximum Gasteiger partial charge on any atom is 0.161 e.